The highest BCUT2D eigenvalue weighted by Crippen LogP contribution is 2.21. The molecule has 0 spiro atoms. The van der Waals surface area contributed by atoms with Gasteiger partial charge in [-0.15, -0.1) is 0 Å². The van der Waals surface area contributed by atoms with Crippen LogP contribution in [0.2, 0.25) is 0 Å². The van der Waals surface area contributed by atoms with Crippen molar-refractivity contribution in [2.45, 2.75) is 13.0 Å². The molecule has 1 saturated heterocycles. The van der Waals surface area contributed by atoms with Crippen molar-refractivity contribution in [1.82, 2.24) is 4.31 Å². The Morgan fingerprint density at radius 2 is 2.03 bits per heavy atom. The molecule has 6 nitrogen and oxygen atoms in total. The quantitative estimate of drug-likeness (QED) is 0.645. The topological polar surface area (TPSA) is 72.9 Å². The van der Waals surface area contributed by atoms with Crippen LogP contribution in [0.1, 0.15) is 22.8 Å². The zero-order chi connectivity index (χ0) is 20.9. The molecule has 2 aromatic rings. The Hall–Kier alpha value is -2.55. The van der Waals surface area contributed by atoms with E-state index in [4.69, 9.17) is 9.47 Å². The van der Waals surface area contributed by atoms with Gasteiger partial charge in [-0.3, -0.25) is 4.79 Å². The maximum Gasteiger partial charge on any atom is 0.236 e. The van der Waals surface area contributed by atoms with Crippen LogP contribution in [0.25, 0.3) is 6.08 Å². The van der Waals surface area contributed by atoms with Crippen molar-refractivity contribution in [3.05, 3.63) is 70.9 Å². The van der Waals surface area contributed by atoms with Crippen LogP contribution in [0.5, 0.6) is 5.75 Å². The molecule has 1 atom stereocenters. The third-order valence-electron chi connectivity index (χ3n) is 4.44. The number of carbonyl (C=O) groups is 1. The highest BCUT2D eigenvalue weighted by atomic mass is 32.2. The standard InChI is InChI=1S/C21H22FNO5S/c1-16(24)20-13-18(22)7-8-21(20)28-15-19-14-23(10-11-27-19)29(25,26)12-9-17-5-3-2-4-6-17/h2-9,12-13,19H,10-11,14-15H2,1H3/b12-9+. The molecule has 3 rings (SSSR count). The van der Waals surface area contributed by atoms with E-state index in [9.17, 15) is 17.6 Å². The van der Waals surface area contributed by atoms with Gasteiger partial charge in [-0.25, -0.2) is 12.8 Å². The van der Waals surface area contributed by atoms with Gasteiger partial charge in [-0.1, -0.05) is 30.3 Å². The number of nitrogens with zero attached hydrogens (tertiary/aromatic N) is 1. The van der Waals surface area contributed by atoms with E-state index in [1.54, 1.807) is 6.08 Å². The number of hydrogen-bond donors (Lipinski definition) is 0. The second kappa shape index (κ2) is 9.30. The van der Waals surface area contributed by atoms with Gasteiger partial charge in [0.05, 0.1) is 12.2 Å². The number of sulfonamides is 1. The fourth-order valence-electron chi connectivity index (χ4n) is 2.92. The maximum atomic E-state index is 13.4. The first-order chi connectivity index (χ1) is 13.8. The summed E-state index contributed by atoms with van der Waals surface area (Å²) >= 11 is 0. The van der Waals surface area contributed by atoms with Crippen LogP contribution in [0.4, 0.5) is 4.39 Å². The molecule has 0 bridgehead atoms. The molecule has 29 heavy (non-hydrogen) atoms. The molecule has 154 valence electrons. The van der Waals surface area contributed by atoms with E-state index in [1.807, 2.05) is 30.3 Å². The summed E-state index contributed by atoms with van der Waals surface area (Å²) < 4.78 is 51.2. The van der Waals surface area contributed by atoms with Crippen LogP contribution < -0.4 is 4.74 Å². The summed E-state index contributed by atoms with van der Waals surface area (Å²) in [4.78, 5) is 11.7. The number of morpholine rings is 1. The smallest absolute Gasteiger partial charge is 0.236 e. The van der Waals surface area contributed by atoms with Gasteiger partial charge in [0.2, 0.25) is 10.0 Å². The minimum Gasteiger partial charge on any atom is -0.490 e. The molecule has 1 aliphatic rings. The van der Waals surface area contributed by atoms with Crippen LogP contribution >= 0.6 is 0 Å². The number of ketones is 1. The molecule has 1 fully saturated rings. The molecule has 0 amide bonds. The molecule has 1 unspecified atom stereocenters. The lowest BCUT2D eigenvalue weighted by atomic mass is 10.1. The summed E-state index contributed by atoms with van der Waals surface area (Å²) in [6, 6.07) is 12.9. The van der Waals surface area contributed by atoms with Crippen molar-refractivity contribution in [3.8, 4) is 5.75 Å². The van der Waals surface area contributed by atoms with E-state index >= 15 is 0 Å². The average molecular weight is 419 g/mol. The van der Waals surface area contributed by atoms with Crippen molar-refractivity contribution in [1.29, 1.82) is 0 Å². The van der Waals surface area contributed by atoms with E-state index in [2.05, 4.69) is 0 Å². The van der Waals surface area contributed by atoms with Crippen LogP contribution in [0, 0.1) is 5.82 Å². The van der Waals surface area contributed by atoms with E-state index < -0.39 is 21.9 Å². The Bertz CT molecular complexity index is 991. The average Bonchev–Trinajstić information content (AvgIpc) is 2.72. The molecule has 1 heterocycles. The van der Waals surface area contributed by atoms with E-state index in [0.29, 0.717) is 0 Å². The maximum absolute atomic E-state index is 13.4. The number of ether oxygens (including phenoxy) is 2. The normalized spacial score (nSPS) is 18.1. The van der Waals surface area contributed by atoms with Gasteiger partial charge in [0, 0.05) is 18.5 Å². The van der Waals surface area contributed by atoms with Gasteiger partial charge < -0.3 is 9.47 Å². The van der Waals surface area contributed by atoms with Gasteiger partial charge in [0.25, 0.3) is 0 Å². The minimum absolute atomic E-state index is 0.0420. The second-order valence-corrected chi connectivity index (χ2v) is 8.44. The van der Waals surface area contributed by atoms with E-state index in [0.717, 1.165) is 11.6 Å². The Morgan fingerprint density at radius 3 is 2.76 bits per heavy atom. The monoisotopic (exact) mass is 419 g/mol. The number of carbonyl (C=O) groups excluding carboxylic acids is 1. The molecule has 0 saturated carbocycles. The summed E-state index contributed by atoms with van der Waals surface area (Å²) in [5.74, 6) is -0.607. The van der Waals surface area contributed by atoms with Crippen molar-refractivity contribution in [2.75, 3.05) is 26.3 Å². The Labute approximate surface area is 169 Å². The van der Waals surface area contributed by atoms with Crippen LogP contribution in [0.15, 0.2) is 53.9 Å². The Balaban J connectivity index is 1.64. The van der Waals surface area contributed by atoms with Crippen molar-refractivity contribution in [3.63, 3.8) is 0 Å². The fraction of sp³-hybridized carbons (Fsp3) is 0.286. The molecule has 8 heteroatoms. The number of Topliss-reactive ketones (excluding diaryl/α,β-unsaturated/α-hetero) is 1. The zero-order valence-corrected chi connectivity index (χ0v) is 16.8. The fourth-order valence-corrected chi connectivity index (χ4v) is 4.13. The minimum atomic E-state index is -3.61. The SMILES string of the molecule is CC(=O)c1cc(F)ccc1OCC1CN(S(=O)(=O)/C=C/c2ccccc2)CCO1. The third kappa shape index (κ3) is 5.72. The molecule has 1 aliphatic heterocycles. The van der Waals surface area contributed by atoms with Gasteiger partial charge >= 0.3 is 0 Å². The van der Waals surface area contributed by atoms with Gasteiger partial charge in [-0.2, -0.15) is 4.31 Å². The lowest BCUT2D eigenvalue weighted by Crippen LogP contribution is -2.46. The number of hydrogen-bond acceptors (Lipinski definition) is 5. The summed E-state index contributed by atoms with van der Waals surface area (Å²) in [6.45, 7) is 1.97. The van der Waals surface area contributed by atoms with Crippen LogP contribution in [0.3, 0.4) is 0 Å². The molecular weight excluding hydrogens is 397 g/mol. The molecule has 0 N–H and O–H groups in total. The number of halogens is 1. The van der Waals surface area contributed by atoms with Crippen molar-refractivity contribution >= 4 is 21.9 Å². The van der Waals surface area contributed by atoms with Gasteiger partial charge in [-0.05, 0) is 36.8 Å². The first kappa shape index (κ1) is 21.2. The predicted octanol–water partition coefficient (Wildman–Crippen LogP) is 3.11. The molecule has 2 aromatic carbocycles. The third-order valence-corrected chi connectivity index (χ3v) is 5.97. The first-order valence-electron chi connectivity index (χ1n) is 9.13. The Morgan fingerprint density at radius 1 is 1.28 bits per heavy atom. The highest BCUT2D eigenvalue weighted by Gasteiger charge is 2.28. The van der Waals surface area contributed by atoms with Crippen LogP contribution in [-0.2, 0) is 14.8 Å². The predicted molar refractivity (Wildman–Crippen MR) is 108 cm³/mol. The van der Waals surface area contributed by atoms with Gasteiger partial charge in [0.15, 0.2) is 5.78 Å². The largest absolute Gasteiger partial charge is 0.490 e. The first-order valence-corrected chi connectivity index (χ1v) is 10.6. The molecular formula is C21H22FNO5S. The molecule has 0 aromatic heterocycles. The molecule has 0 aliphatic carbocycles. The highest BCUT2D eigenvalue weighted by molar-refractivity contribution is 7.92. The summed E-state index contributed by atoms with van der Waals surface area (Å²) in [6.07, 6.45) is 1.04. The van der Waals surface area contributed by atoms with Gasteiger partial charge in [0.1, 0.15) is 24.3 Å². The summed E-state index contributed by atoms with van der Waals surface area (Å²) in [5.41, 5.74) is 0.924. The number of benzene rings is 2. The second-order valence-electron chi connectivity index (χ2n) is 6.62. The Kier molecular flexibility index (Phi) is 6.79. The summed E-state index contributed by atoms with van der Waals surface area (Å²) in [5, 5.41) is 1.18. The molecule has 0 radical (unpaired) electrons. The lowest BCUT2D eigenvalue weighted by molar-refractivity contribution is -0.0247. The van der Waals surface area contributed by atoms with Crippen LogP contribution in [-0.4, -0.2) is 50.9 Å². The zero-order valence-electron chi connectivity index (χ0n) is 16.0. The van der Waals surface area contributed by atoms with E-state index in [1.165, 1.54) is 28.8 Å². The summed E-state index contributed by atoms with van der Waals surface area (Å²) in [7, 11) is -3.61. The lowest BCUT2D eigenvalue weighted by Gasteiger charge is -2.31. The van der Waals surface area contributed by atoms with Crippen molar-refractivity contribution in [2.24, 2.45) is 0 Å². The number of rotatable bonds is 7. The van der Waals surface area contributed by atoms with Crippen molar-refractivity contribution < 1.29 is 27.1 Å². The van der Waals surface area contributed by atoms with E-state index in [-0.39, 0.29) is 43.4 Å².